The van der Waals surface area contributed by atoms with Crippen molar-refractivity contribution < 1.29 is 13.2 Å². The maximum Gasteiger partial charge on any atom is 0.285 e. The van der Waals surface area contributed by atoms with E-state index in [9.17, 15) is 13.2 Å². The number of nitrogens with one attached hydrogen (secondary N) is 1. The van der Waals surface area contributed by atoms with Crippen LogP contribution in [0.15, 0.2) is 33.6 Å². The summed E-state index contributed by atoms with van der Waals surface area (Å²) < 4.78 is 27.1. The molecule has 0 spiro atoms. The highest BCUT2D eigenvalue weighted by atomic mass is 32.2. The van der Waals surface area contributed by atoms with Gasteiger partial charge in [0.15, 0.2) is 0 Å². The summed E-state index contributed by atoms with van der Waals surface area (Å²) in [7, 11) is -3.63. The Kier molecular flexibility index (Phi) is 3.21. The number of carbonyl (C=O) groups is 1. The van der Waals surface area contributed by atoms with Crippen molar-refractivity contribution in [2.45, 2.75) is 17.7 Å². The number of nitrogens with zero attached hydrogens (tertiary/aromatic N) is 2. The number of rotatable bonds is 4. The molecule has 0 atom stereocenters. The predicted molar refractivity (Wildman–Crippen MR) is 75.2 cm³/mol. The maximum atomic E-state index is 11.9. The molecule has 0 unspecified atom stereocenters. The second kappa shape index (κ2) is 4.90. The summed E-state index contributed by atoms with van der Waals surface area (Å²) in [5.41, 5.74) is 0.490. The summed E-state index contributed by atoms with van der Waals surface area (Å²) >= 11 is 0. The van der Waals surface area contributed by atoms with Gasteiger partial charge in [0.2, 0.25) is 5.91 Å². The molecule has 1 fully saturated rings. The molecule has 1 heterocycles. The Morgan fingerprint density at radius 3 is 2.85 bits per heavy atom. The highest BCUT2D eigenvalue weighted by Crippen LogP contribution is 2.29. The largest absolute Gasteiger partial charge is 0.354 e. The number of hydrogen-bond donors (Lipinski definition) is 1. The fourth-order valence-electron chi connectivity index (χ4n) is 2.07. The third-order valence-electron chi connectivity index (χ3n) is 3.38. The van der Waals surface area contributed by atoms with Gasteiger partial charge in [0, 0.05) is 6.54 Å². The van der Waals surface area contributed by atoms with E-state index in [2.05, 4.69) is 9.71 Å². The van der Waals surface area contributed by atoms with Crippen LogP contribution in [0.3, 0.4) is 0 Å². The van der Waals surface area contributed by atoms with E-state index in [-0.39, 0.29) is 17.3 Å². The molecule has 1 aromatic carbocycles. The van der Waals surface area contributed by atoms with Crippen LogP contribution in [0.2, 0.25) is 0 Å². The van der Waals surface area contributed by atoms with Gasteiger partial charge >= 0.3 is 0 Å². The molecule has 0 radical (unpaired) electrons. The van der Waals surface area contributed by atoms with Crippen molar-refractivity contribution in [2.75, 3.05) is 18.0 Å². The van der Waals surface area contributed by atoms with Crippen LogP contribution in [0, 0.1) is 5.92 Å². The van der Waals surface area contributed by atoms with Crippen LogP contribution < -0.4 is 10.2 Å². The number of fused-ring (bicyclic) bond motifs is 1. The molecule has 2 aliphatic rings. The fraction of sp³-hybridized carbons (Fsp3) is 0.385. The highest BCUT2D eigenvalue weighted by Gasteiger charge is 2.26. The second-order valence-electron chi connectivity index (χ2n) is 5.04. The summed E-state index contributed by atoms with van der Waals surface area (Å²) in [6, 6.07) is 6.55. The van der Waals surface area contributed by atoms with E-state index in [1.807, 2.05) is 0 Å². The lowest BCUT2D eigenvalue weighted by atomic mass is 10.3. The number of amides is 1. The van der Waals surface area contributed by atoms with Crippen molar-refractivity contribution in [3.05, 3.63) is 24.3 Å². The van der Waals surface area contributed by atoms with Crippen molar-refractivity contribution in [3.8, 4) is 0 Å². The molecule has 6 nitrogen and oxygen atoms in total. The van der Waals surface area contributed by atoms with Gasteiger partial charge in [-0.25, -0.2) is 0 Å². The van der Waals surface area contributed by atoms with Gasteiger partial charge in [-0.15, -0.1) is 4.40 Å². The lowest BCUT2D eigenvalue weighted by Crippen LogP contribution is -2.39. The number of anilines is 1. The molecule has 3 rings (SSSR count). The van der Waals surface area contributed by atoms with E-state index in [0.717, 1.165) is 0 Å². The van der Waals surface area contributed by atoms with Gasteiger partial charge in [-0.2, -0.15) is 8.42 Å². The zero-order valence-electron chi connectivity index (χ0n) is 10.8. The van der Waals surface area contributed by atoms with Gasteiger partial charge in [-0.1, -0.05) is 12.1 Å². The zero-order valence-corrected chi connectivity index (χ0v) is 11.6. The Bertz CT molecular complexity index is 665. The normalized spacial score (nSPS) is 19.5. The molecule has 20 heavy (non-hydrogen) atoms. The molecule has 1 aromatic rings. The third-order valence-corrected chi connectivity index (χ3v) is 4.65. The van der Waals surface area contributed by atoms with E-state index in [1.165, 1.54) is 25.2 Å². The van der Waals surface area contributed by atoms with Crippen LogP contribution in [0.25, 0.3) is 0 Å². The van der Waals surface area contributed by atoms with E-state index in [0.29, 0.717) is 18.2 Å². The minimum Gasteiger partial charge on any atom is -0.354 e. The predicted octanol–water partition coefficient (Wildman–Crippen LogP) is 0.750. The number of carbonyl (C=O) groups excluding carboxylic acids is 1. The molecule has 0 saturated heterocycles. The number of sulfonamides is 1. The zero-order chi connectivity index (χ0) is 14.2. The molecule has 1 N–H and O–H groups in total. The Hall–Kier alpha value is -1.89. The molecule has 1 aliphatic heterocycles. The average molecular weight is 293 g/mol. The van der Waals surface area contributed by atoms with Gasteiger partial charge in [0.1, 0.15) is 17.8 Å². The molecule has 1 saturated carbocycles. The van der Waals surface area contributed by atoms with Crippen LogP contribution >= 0.6 is 0 Å². The van der Waals surface area contributed by atoms with E-state index in [4.69, 9.17) is 0 Å². The van der Waals surface area contributed by atoms with Gasteiger partial charge in [0.05, 0.1) is 5.69 Å². The van der Waals surface area contributed by atoms with Crippen LogP contribution in [-0.2, 0) is 14.8 Å². The Morgan fingerprint density at radius 2 is 2.10 bits per heavy atom. The Morgan fingerprint density at radius 1 is 1.35 bits per heavy atom. The first-order chi connectivity index (χ1) is 9.56. The summed E-state index contributed by atoms with van der Waals surface area (Å²) in [5, 5.41) is 2.85. The minimum atomic E-state index is -3.63. The molecule has 1 aliphatic carbocycles. The van der Waals surface area contributed by atoms with Crippen molar-refractivity contribution in [1.29, 1.82) is 0 Å². The Balaban J connectivity index is 1.75. The third kappa shape index (κ3) is 2.67. The summed E-state index contributed by atoms with van der Waals surface area (Å²) in [6.07, 6.45) is 3.55. The lowest BCUT2D eigenvalue weighted by molar-refractivity contribution is -0.119. The van der Waals surface area contributed by atoms with Crippen molar-refractivity contribution in [3.63, 3.8) is 0 Å². The number of para-hydroxylation sites is 1. The highest BCUT2D eigenvalue weighted by molar-refractivity contribution is 7.90. The molecular weight excluding hydrogens is 278 g/mol. The summed E-state index contributed by atoms with van der Waals surface area (Å²) in [5.74, 6) is 0.485. The molecule has 1 amide bonds. The van der Waals surface area contributed by atoms with Gasteiger partial charge in [0.25, 0.3) is 10.0 Å². The standard InChI is InChI=1S/C13H15N3O3S/c17-13(14-7-10-5-6-10)8-16-9-15-20(18,19)12-4-2-1-3-11(12)16/h1-4,9-10H,5-8H2,(H,14,17). The molecule has 0 aromatic heterocycles. The second-order valence-corrected chi connectivity index (χ2v) is 6.64. The van der Waals surface area contributed by atoms with Gasteiger partial charge in [-0.05, 0) is 30.9 Å². The number of benzene rings is 1. The van der Waals surface area contributed by atoms with Crippen molar-refractivity contribution >= 4 is 28.0 Å². The molecule has 106 valence electrons. The minimum absolute atomic E-state index is 0.0722. The fourth-order valence-corrected chi connectivity index (χ4v) is 3.12. The first-order valence-electron chi connectivity index (χ1n) is 6.49. The van der Waals surface area contributed by atoms with E-state index < -0.39 is 10.0 Å². The van der Waals surface area contributed by atoms with Crippen LogP contribution in [-0.4, -0.2) is 33.8 Å². The molecule has 7 heteroatoms. The van der Waals surface area contributed by atoms with E-state index >= 15 is 0 Å². The van der Waals surface area contributed by atoms with Gasteiger partial charge in [-0.3, -0.25) is 4.79 Å². The summed E-state index contributed by atoms with van der Waals surface area (Å²) in [4.78, 5) is 13.5. The molecular formula is C13H15N3O3S. The average Bonchev–Trinajstić information content (AvgIpc) is 3.24. The SMILES string of the molecule is O=C(CN1C=NS(=O)(=O)c2ccccc21)NCC1CC1. The quantitative estimate of drug-likeness (QED) is 0.888. The van der Waals surface area contributed by atoms with Crippen molar-refractivity contribution in [1.82, 2.24) is 5.32 Å². The van der Waals surface area contributed by atoms with Crippen molar-refractivity contribution in [2.24, 2.45) is 10.3 Å². The first-order valence-corrected chi connectivity index (χ1v) is 7.93. The smallest absolute Gasteiger partial charge is 0.285 e. The van der Waals surface area contributed by atoms with Crippen LogP contribution in [0.5, 0.6) is 0 Å². The summed E-state index contributed by atoms with van der Waals surface area (Å²) in [6.45, 7) is 0.770. The van der Waals surface area contributed by atoms with Gasteiger partial charge < -0.3 is 10.2 Å². The Labute approximate surface area is 117 Å². The van der Waals surface area contributed by atoms with Crippen LogP contribution in [0.1, 0.15) is 12.8 Å². The van der Waals surface area contributed by atoms with Crippen LogP contribution in [0.4, 0.5) is 5.69 Å². The number of hydrogen-bond acceptors (Lipinski definition) is 4. The lowest BCUT2D eigenvalue weighted by Gasteiger charge is -2.24. The first kappa shape index (κ1) is 13.1. The topological polar surface area (TPSA) is 78.8 Å². The van der Waals surface area contributed by atoms with E-state index in [1.54, 1.807) is 23.1 Å². The maximum absolute atomic E-state index is 11.9. The molecule has 0 bridgehead atoms. The monoisotopic (exact) mass is 293 g/mol.